The van der Waals surface area contributed by atoms with E-state index < -0.39 is 17.2 Å². The van der Waals surface area contributed by atoms with Crippen LogP contribution in [0.1, 0.15) is 5.76 Å². The second-order valence-corrected chi connectivity index (χ2v) is 5.71. The van der Waals surface area contributed by atoms with Crippen molar-refractivity contribution in [3.05, 3.63) is 46.3 Å². The molecule has 2 aromatic heterocycles. The number of benzene rings is 2. The predicted octanol–water partition coefficient (Wildman–Crippen LogP) is 3.34. The quantitative estimate of drug-likeness (QED) is 0.392. The number of hydrogen-bond donors (Lipinski definition) is 4. The molecule has 4 aromatic rings. The molecule has 7 heteroatoms. The summed E-state index contributed by atoms with van der Waals surface area (Å²) < 4.78 is 11.2. The van der Waals surface area contributed by atoms with Gasteiger partial charge >= 0.3 is 0 Å². The third-order valence-electron chi connectivity index (χ3n) is 3.94. The van der Waals surface area contributed by atoms with Crippen LogP contribution in [0.25, 0.3) is 33.3 Å². The molecule has 0 unspecified atom stereocenters. The lowest BCUT2D eigenvalue weighted by Crippen LogP contribution is -1.97. The fraction of sp³-hybridized carbons (Fsp3) is 0.0556. The summed E-state index contributed by atoms with van der Waals surface area (Å²) in [5, 5.41) is 40.3. The van der Waals surface area contributed by atoms with E-state index in [1.54, 1.807) is 13.0 Å². The largest absolute Gasteiger partial charge is 0.504 e. The van der Waals surface area contributed by atoms with E-state index in [0.29, 0.717) is 16.5 Å². The molecule has 0 bridgehead atoms. The lowest BCUT2D eigenvalue weighted by molar-refractivity contribution is 0.368. The number of phenols is 3. The Hall–Kier alpha value is -3.61. The van der Waals surface area contributed by atoms with Crippen molar-refractivity contribution >= 4 is 21.9 Å². The summed E-state index contributed by atoms with van der Waals surface area (Å²) in [6.07, 6.45) is 0. The molecule has 0 aliphatic heterocycles. The molecule has 0 saturated heterocycles. The number of phenolic OH excluding ortho intramolecular Hbond substituents is 3. The Morgan fingerprint density at radius 3 is 2.04 bits per heavy atom. The van der Waals surface area contributed by atoms with E-state index in [0.717, 1.165) is 12.1 Å². The van der Waals surface area contributed by atoms with Crippen molar-refractivity contribution in [2.24, 2.45) is 0 Å². The SMILES string of the molecule is Cc1cc2c(O)c(-c3cc(O)c(O)c(O)c3)oc3cc(=O)cc(o1)c32. The molecule has 0 aliphatic carbocycles. The summed E-state index contributed by atoms with van der Waals surface area (Å²) in [5.41, 5.74) is 0.249. The Labute approximate surface area is 139 Å². The van der Waals surface area contributed by atoms with Crippen molar-refractivity contribution in [3.63, 3.8) is 0 Å². The normalized spacial score (nSPS) is 11.4. The van der Waals surface area contributed by atoms with Gasteiger partial charge in [0.15, 0.2) is 34.2 Å². The molecular formula is C18H12O7. The Morgan fingerprint density at radius 1 is 0.800 bits per heavy atom. The second-order valence-electron chi connectivity index (χ2n) is 5.71. The third-order valence-corrected chi connectivity index (χ3v) is 3.94. The third kappa shape index (κ3) is 2.17. The lowest BCUT2D eigenvalue weighted by Gasteiger charge is -2.12. The minimum absolute atomic E-state index is 0.0735. The fourth-order valence-electron chi connectivity index (χ4n) is 2.87. The van der Waals surface area contributed by atoms with E-state index in [2.05, 4.69) is 0 Å². The fourth-order valence-corrected chi connectivity index (χ4v) is 2.87. The summed E-state index contributed by atoms with van der Waals surface area (Å²) in [6, 6.07) is 6.40. The van der Waals surface area contributed by atoms with Crippen LogP contribution in [-0.4, -0.2) is 20.4 Å². The van der Waals surface area contributed by atoms with Crippen LogP contribution >= 0.6 is 0 Å². The van der Waals surface area contributed by atoms with Gasteiger partial charge in [-0.05, 0) is 25.1 Å². The number of hydrogen-bond acceptors (Lipinski definition) is 7. The molecule has 0 spiro atoms. The van der Waals surface area contributed by atoms with Gasteiger partial charge in [0.2, 0.25) is 0 Å². The Morgan fingerprint density at radius 2 is 1.40 bits per heavy atom. The maximum Gasteiger partial charge on any atom is 0.200 e. The maximum atomic E-state index is 11.9. The molecule has 0 amide bonds. The van der Waals surface area contributed by atoms with Crippen molar-refractivity contribution in [2.45, 2.75) is 6.92 Å². The number of rotatable bonds is 1. The summed E-state index contributed by atoms with van der Waals surface area (Å²) in [5.74, 6) is -1.68. The summed E-state index contributed by atoms with van der Waals surface area (Å²) >= 11 is 0. The molecule has 7 nitrogen and oxygen atoms in total. The van der Waals surface area contributed by atoms with Crippen molar-refractivity contribution in [1.29, 1.82) is 0 Å². The monoisotopic (exact) mass is 340 g/mol. The summed E-state index contributed by atoms with van der Waals surface area (Å²) in [6.45, 7) is 1.67. The molecule has 0 saturated carbocycles. The van der Waals surface area contributed by atoms with Crippen LogP contribution in [0.15, 0.2) is 44.0 Å². The van der Waals surface area contributed by atoms with Crippen molar-refractivity contribution < 1.29 is 29.3 Å². The van der Waals surface area contributed by atoms with E-state index in [9.17, 15) is 25.2 Å². The highest BCUT2D eigenvalue weighted by molar-refractivity contribution is 6.09. The van der Waals surface area contributed by atoms with Gasteiger partial charge < -0.3 is 29.3 Å². The minimum Gasteiger partial charge on any atom is -0.504 e. The number of aryl methyl sites for hydroxylation is 1. The van der Waals surface area contributed by atoms with Gasteiger partial charge in [-0.2, -0.15) is 0 Å². The first-order valence-electron chi connectivity index (χ1n) is 7.30. The Bertz CT molecular complexity index is 1190. The van der Waals surface area contributed by atoms with Crippen LogP contribution in [0.5, 0.6) is 23.0 Å². The zero-order chi connectivity index (χ0) is 17.9. The van der Waals surface area contributed by atoms with E-state index >= 15 is 0 Å². The van der Waals surface area contributed by atoms with Gasteiger partial charge in [0.05, 0.1) is 5.39 Å². The van der Waals surface area contributed by atoms with E-state index in [1.807, 2.05) is 0 Å². The first kappa shape index (κ1) is 14.9. The highest BCUT2D eigenvalue weighted by Crippen LogP contribution is 2.45. The van der Waals surface area contributed by atoms with Gasteiger partial charge in [0.1, 0.15) is 16.9 Å². The van der Waals surface area contributed by atoms with Crippen LogP contribution in [0.2, 0.25) is 0 Å². The van der Waals surface area contributed by atoms with Gasteiger partial charge in [0, 0.05) is 23.1 Å². The highest BCUT2D eigenvalue weighted by Gasteiger charge is 2.20. The Kier molecular flexibility index (Phi) is 2.95. The Balaban J connectivity index is 2.16. The van der Waals surface area contributed by atoms with Crippen LogP contribution < -0.4 is 5.43 Å². The highest BCUT2D eigenvalue weighted by atomic mass is 16.4. The molecule has 25 heavy (non-hydrogen) atoms. The van der Waals surface area contributed by atoms with Crippen LogP contribution in [0, 0.1) is 6.92 Å². The molecular weight excluding hydrogens is 328 g/mol. The molecule has 0 atom stereocenters. The predicted molar refractivity (Wildman–Crippen MR) is 89.1 cm³/mol. The zero-order valence-electron chi connectivity index (χ0n) is 12.9. The average molecular weight is 340 g/mol. The second kappa shape index (κ2) is 4.94. The molecule has 2 aromatic carbocycles. The minimum atomic E-state index is -0.682. The zero-order valence-corrected chi connectivity index (χ0v) is 12.9. The molecule has 0 fully saturated rings. The molecule has 4 N–H and O–H groups in total. The van der Waals surface area contributed by atoms with E-state index in [1.165, 1.54) is 12.1 Å². The van der Waals surface area contributed by atoms with E-state index in [-0.39, 0.29) is 33.7 Å². The molecule has 0 radical (unpaired) electrons. The van der Waals surface area contributed by atoms with Gasteiger partial charge in [-0.15, -0.1) is 0 Å². The van der Waals surface area contributed by atoms with Gasteiger partial charge in [0.25, 0.3) is 0 Å². The van der Waals surface area contributed by atoms with Gasteiger partial charge in [-0.3, -0.25) is 4.79 Å². The summed E-state index contributed by atoms with van der Waals surface area (Å²) in [7, 11) is 0. The first-order valence-corrected chi connectivity index (χ1v) is 7.30. The van der Waals surface area contributed by atoms with Crippen molar-refractivity contribution in [1.82, 2.24) is 0 Å². The average Bonchev–Trinajstić information content (AvgIpc) is 2.54. The topological polar surface area (TPSA) is 124 Å². The number of aromatic hydroxyl groups is 4. The van der Waals surface area contributed by atoms with Crippen molar-refractivity contribution in [2.75, 3.05) is 0 Å². The first-order chi connectivity index (χ1) is 11.8. The molecule has 126 valence electrons. The molecule has 0 aliphatic rings. The van der Waals surface area contributed by atoms with Gasteiger partial charge in [-0.25, -0.2) is 0 Å². The standard InChI is InChI=1S/C18H12O7/c1-7-2-10-15-13(24-7)5-9(19)6-14(15)25-18(16(10)22)8-3-11(20)17(23)12(21)4-8/h2-6,20-23H,1H3. The van der Waals surface area contributed by atoms with Gasteiger partial charge in [-0.1, -0.05) is 0 Å². The van der Waals surface area contributed by atoms with Crippen LogP contribution in [0.3, 0.4) is 0 Å². The smallest absolute Gasteiger partial charge is 0.200 e. The lowest BCUT2D eigenvalue weighted by atomic mass is 10.0. The summed E-state index contributed by atoms with van der Waals surface area (Å²) in [4.78, 5) is 11.9. The van der Waals surface area contributed by atoms with Crippen LogP contribution in [0.4, 0.5) is 0 Å². The van der Waals surface area contributed by atoms with E-state index in [4.69, 9.17) is 8.83 Å². The van der Waals surface area contributed by atoms with Crippen LogP contribution in [-0.2, 0) is 0 Å². The molecule has 2 heterocycles. The maximum absolute atomic E-state index is 11.9. The van der Waals surface area contributed by atoms with Crippen molar-refractivity contribution in [3.8, 4) is 34.3 Å². The molecule has 4 rings (SSSR count).